The molecule has 17 heavy (non-hydrogen) atoms. The SMILES string of the molecule is CC(C)CCSc1ccc([N+](=O)[O-])cc1C#N. The summed E-state index contributed by atoms with van der Waals surface area (Å²) in [5, 5.41) is 19.5. The van der Waals surface area contributed by atoms with Crippen LogP contribution < -0.4 is 0 Å². The van der Waals surface area contributed by atoms with Gasteiger partial charge in [-0.3, -0.25) is 10.1 Å². The van der Waals surface area contributed by atoms with Crippen LogP contribution in [0.4, 0.5) is 5.69 Å². The van der Waals surface area contributed by atoms with Crippen molar-refractivity contribution in [3.63, 3.8) is 0 Å². The summed E-state index contributed by atoms with van der Waals surface area (Å²) in [4.78, 5) is 10.9. The first-order valence-electron chi connectivity index (χ1n) is 5.36. The first kappa shape index (κ1) is 13.5. The van der Waals surface area contributed by atoms with E-state index in [0.717, 1.165) is 17.1 Å². The van der Waals surface area contributed by atoms with Crippen molar-refractivity contribution in [1.82, 2.24) is 0 Å². The Kier molecular flexibility index (Phi) is 4.98. The summed E-state index contributed by atoms with van der Waals surface area (Å²) in [6.45, 7) is 4.28. The van der Waals surface area contributed by atoms with E-state index < -0.39 is 4.92 Å². The molecule has 0 aliphatic carbocycles. The third kappa shape index (κ3) is 4.08. The summed E-state index contributed by atoms with van der Waals surface area (Å²) in [6.07, 6.45) is 1.06. The topological polar surface area (TPSA) is 66.9 Å². The quantitative estimate of drug-likeness (QED) is 0.455. The fraction of sp³-hybridized carbons (Fsp3) is 0.417. The summed E-state index contributed by atoms with van der Waals surface area (Å²) < 4.78 is 0. The van der Waals surface area contributed by atoms with Crippen molar-refractivity contribution in [2.24, 2.45) is 5.92 Å². The summed E-state index contributed by atoms with van der Waals surface area (Å²) in [6, 6.07) is 6.43. The normalized spacial score (nSPS) is 10.2. The predicted molar refractivity (Wildman–Crippen MR) is 68.0 cm³/mol. The summed E-state index contributed by atoms with van der Waals surface area (Å²) in [5.41, 5.74) is 0.350. The zero-order valence-electron chi connectivity index (χ0n) is 9.84. The highest BCUT2D eigenvalue weighted by molar-refractivity contribution is 7.99. The highest BCUT2D eigenvalue weighted by Gasteiger charge is 2.10. The molecule has 0 aromatic heterocycles. The van der Waals surface area contributed by atoms with Crippen LogP contribution in [0.3, 0.4) is 0 Å². The highest BCUT2D eigenvalue weighted by Crippen LogP contribution is 2.27. The number of nitrogens with zero attached hydrogens (tertiary/aromatic N) is 2. The second kappa shape index (κ2) is 6.26. The number of nitro groups is 1. The lowest BCUT2D eigenvalue weighted by molar-refractivity contribution is -0.384. The van der Waals surface area contributed by atoms with Gasteiger partial charge in [-0.2, -0.15) is 5.26 Å². The maximum atomic E-state index is 10.6. The molecule has 0 spiro atoms. The second-order valence-electron chi connectivity index (χ2n) is 4.08. The van der Waals surface area contributed by atoms with Gasteiger partial charge in [0.2, 0.25) is 0 Å². The molecule has 0 unspecified atom stereocenters. The fourth-order valence-electron chi connectivity index (χ4n) is 1.25. The Morgan fingerprint density at radius 1 is 1.53 bits per heavy atom. The maximum absolute atomic E-state index is 10.6. The average molecular weight is 250 g/mol. The zero-order valence-corrected chi connectivity index (χ0v) is 10.7. The molecule has 0 atom stereocenters. The molecule has 0 aliphatic heterocycles. The van der Waals surface area contributed by atoms with Gasteiger partial charge in [0, 0.05) is 17.0 Å². The molecule has 0 saturated carbocycles. The Morgan fingerprint density at radius 2 is 2.24 bits per heavy atom. The summed E-state index contributed by atoms with van der Waals surface area (Å²) in [7, 11) is 0. The van der Waals surface area contributed by atoms with Gasteiger partial charge in [0.1, 0.15) is 6.07 Å². The number of rotatable bonds is 5. The molecule has 4 nitrogen and oxygen atoms in total. The van der Waals surface area contributed by atoms with Crippen LogP contribution in [-0.2, 0) is 0 Å². The molecule has 1 aromatic carbocycles. The Balaban J connectivity index is 2.79. The van der Waals surface area contributed by atoms with E-state index in [1.165, 1.54) is 12.1 Å². The van der Waals surface area contributed by atoms with Crippen molar-refractivity contribution in [3.05, 3.63) is 33.9 Å². The minimum absolute atomic E-state index is 0.0326. The molecule has 0 bridgehead atoms. The number of benzene rings is 1. The minimum Gasteiger partial charge on any atom is -0.258 e. The molecular weight excluding hydrogens is 236 g/mol. The first-order chi connectivity index (χ1) is 8.04. The van der Waals surface area contributed by atoms with Gasteiger partial charge < -0.3 is 0 Å². The molecule has 5 heteroatoms. The number of nitriles is 1. The third-order valence-corrected chi connectivity index (χ3v) is 3.35. The van der Waals surface area contributed by atoms with Crippen molar-refractivity contribution >= 4 is 17.4 Å². The predicted octanol–water partition coefficient (Wildman–Crippen LogP) is 3.60. The van der Waals surface area contributed by atoms with Gasteiger partial charge in [-0.15, -0.1) is 11.8 Å². The lowest BCUT2D eigenvalue weighted by Gasteiger charge is -2.05. The van der Waals surface area contributed by atoms with Gasteiger partial charge in [-0.25, -0.2) is 0 Å². The minimum atomic E-state index is -0.483. The Morgan fingerprint density at radius 3 is 2.76 bits per heavy atom. The number of non-ortho nitro benzene ring substituents is 1. The summed E-state index contributed by atoms with van der Waals surface area (Å²) >= 11 is 1.58. The van der Waals surface area contributed by atoms with Crippen LogP contribution in [0.2, 0.25) is 0 Å². The zero-order chi connectivity index (χ0) is 12.8. The van der Waals surface area contributed by atoms with Crippen LogP contribution in [0, 0.1) is 27.4 Å². The number of nitro benzene ring substituents is 1. The van der Waals surface area contributed by atoms with E-state index in [1.54, 1.807) is 17.8 Å². The van der Waals surface area contributed by atoms with E-state index in [-0.39, 0.29) is 5.69 Å². The van der Waals surface area contributed by atoms with E-state index in [1.807, 2.05) is 6.07 Å². The molecule has 0 heterocycles. The van der Waals surface area contributed by atoms with E-state index in [2.05, 4.69) is 13.8 Å². The first-order valence-corrected chi connectivity index (χ1v) is 6.34. The van der Waals surface area contributed by atoms with Crippen LogP contribution in [0.5, 0.6) is 0 Å². The molecule has 0 saturated heterocycles. The lowest BCUT2D eigenvalue weighted by Crippen LogP contribution is -1.92. The molecule has 0 fully saturated rings. The number of hydrogen-bond acceptors (Lipinski definition) is 4. The molecule has 0 radical (unpaired) electrons. The van der Waals surface area contributed by atoms with E-state index >= 15 is 0 Å². The van der Waals surface area contributed by atoms with Gasteiger partial charge in [-0.05, 0) is 24.2 Å². The molecule has 0 N–H and O–H groups in total. The molecule has 1 rings (SSSR count). The van der Waals surface area contributed by atoms with Crippen molar-refractivity contribution in [2.75, 3.05) is 5.75 Å². The maximum Gasteiger partial charge on any atom is 0.270 e. The average Bonchev–Trinajstić information content (AvgIpc) is 2.28. The Hall–Kier alpha value is -1.54. The monoisotopic (exact) mass is 250 g/mol. The standard InChI is InChI=1S/C12H14N2O2S/c1-9(2)5-6-17-12-4-3-11(14(15)16)7-10(12)8-13/h3-4,7,9H,5-6H2,1-2H3. The third-order valence-electron chi connectivity index (χ3n) is 2.25. The van der Waals surface area contributed by atoms with Crippen LogP contribution in [0.1, 0.15) is 25.8 Å². The fourth-order valence-corrected chi connectivity index (χ4v) is 2.48. The smallest absolute Gasteiger partial charge is 0.258 e. The Bertz CT molecular complexity index is 452. The van der Waals surface area contributed by atoms with E-state index in [0.29, 0.717) is 11.5 Å². The molecule has 0 aliphatic rings. The van der Waals surface area contributed by atoms with Crippen molar-refractivity contribution in [3.8, 4) is 6.07 Å². The van der Waals surface area contributed by atoms with E-state index in [9.17, 15) is 10.1 Å². The van der Waals surface area contributed by atoms with Gasteiger partial charge in [0.15, 0.2) is 0 Å². The largest absolute Gasteiger partial charge is 0.270 e. The van der Waals surface area contributed by atoms with E-state index in [4.69, 9.17) is 5.26 Å². The Labute approximate surface area is 105 Å². The van der Waals surface area contributed by atoms with Crippen LogP contribution in [-0.4, -0.2) is 10.7 Å². The van der Waals surface area contributed by atoms with Gasteiger partial charge in [0.05, 0.1) is 10.5 Å². The van der Waals surface area contributed by atoms with Gasteiger partial charge in [-0.1, -0.05) is 13.8 Å². The van der Waals surface area contributed by atoms with Crippen molar-refractivity contribution in [2.45, 2.75) is 25.2 Å². The van der Waals surface area contributed by atoms with Gasteiger partial charge >= 0.3 is 0 Å². The van der Waals surface area contributed by atoms with Crippen LogP contribution in [0.15, 0.2) is 23.1 Å². The molecule has 90 valence electrons. The highest BCUT2D eigenvalue weighted by atomic mass is 32.2. The second-order valence-corrected chi connectivity index (χ2v) is 5.22. The molecule has 0 amide bonds. The van der Waals surface area contributed by atoms with Crippen molar-refractivity contribution in [1.29, 1.82) is 5.26 Å². The van der Waals surface area contributed by atoms with Crippen LogP contribution in [0.25, 0.3) is 0 Å². The van der Waals surface area contributed by atoms with Gasteiger partial charge in [0.25, 0.3) is 5.69 Å². The number of hydrogen-bond donors (Lipinski definition) is 0. The molecular formula is C12H14N2O2S. The molecule has 1 aromatic rings. The van der Waals surface area contributed by atoms with Crippen molar-refractivity contribution < 1.29 is 4.92 Å². The lowest BCUT2D eigenvalue weighted by atomic mass is 10.2. The van der Waals surface area contributed by atoms with Crippen LogP contribution >= 0.6 is 11.8 Å². The number of thioether (sulfide) groups is 1. The summed E-state index contributed by atoms with van der Waals surface area (Å²) in [5.74, 6) is 1.54.